The van der Waals surface area contributed by atoms with Gasteiger partial charge in [-0.1, -0.05) is 116 Å². The van der Waals surface area contributed by atoms with Gasteiger partial charge in [-0.05, 0) is 135 Å². The number of benzene rings is 3. The Bertz CT molecular complexity index is 2090. The van der Waals surface area contributed by atoms with E-state index in [1.165, 1.54) is 91.2 Å². The van der Waals surface area contributed by atoms with Crippen molar-refractivity contribution in [2.24, 2.45) is 17.8 Å². The van der Waals surface area contributed by atoms with Crippen molar-refractivity contribution in [3.8, 4) is 22.3 Å². The number of rotatable bonds is 9. The molecule has 7 rings (SSSR count). The third-order valence-corrected chi connectivity index (χ3v) is 12.7. The Morgan fingerprint density at radius 1 is 0.796 bits per heavy atom. The molecular formula is C47H55NS. The van der Waals surface area contributed by atoms with Gasteiger partial charge in [0.2, 0.25) is 0 Å². The highest BCUT2D eigenvalue weighted by molar-refractivity contribution is 7.17. The lowest BCUT2D eigenvalue weighted by Gasteiger charge is -2.39. The second-order valence-corrected chi connectivity index (χ2v) is 17.3. The highest BCUT2D eigenvalue weighted by atomic mass is 32.1. The Morgan fingerprint density at radius 2 is 1.51 bits per heavy atom. The molecule has 0 bridgehead atoms. The van der Waals surface area contributed by atoms with E-state index < -0.39 is 0 Å². The summed E-state index contributed by atoms with van der Waals surface area (Å²) >= 11 is 1.86. The maximum Gasteiger partial charge on any atom is 0.0443 e. The van der Waals surface area contributed by atoms with E-state index in [4.69, 9.17) is 4.98 Å². The summed E-state index contributed by atoms with van der Waals surface area (Å²) in [7, 11) is 0. The van der Waals surface area contributed by atoms with Crippen molar-refractivity contribution in [2.75, 3.05) is 0 Å². The second-order valence-electron chi connectivity index (χ2n) is 16.4. The van der Waals surface area contributed by atoms with E-state index in [-0.39, 0.29) is 10.8 Å². The molecule has 2 heteroatoms. The first-order valence-corrected chi connectivity index (χ1v) is 19.9. The van der Waals surface area contributed by atoms with Crippen LogP contribution in [0.2, 0.25) is 0 Å². The number of pyridine rings is 1. The van der Waals surface area contributed by atoms with Crippen LogP contribution in [0.4, 0.5) is 0 Å². The minimum atomic E-state index is -0.187. The van der Waals surface area contributed by atoms with Gasteiger partial charge in [0.05, 0.1) is 0 Å². The summed E-state index contributed by atoms with van der Waals surface area (Å²) in [6, 6.07) is 21.7. The van der Waals surface area contributed by atoms with Gasteiger partial charge >= 0.3 is 0 Å². The first kappa shape index (κ1) is 34.0. The topological polar surface area (TPSA) is 12.9 Å². The van der Waals surface area contributed by atoms with Crippen molar-refractivity contribution in [3.05, 3.63) is 112 Å². The molecule has 3 aromatic carbocycles. The number of aromatic nitrogens is 1. The average Bonchev–Trinajstić information content (AvgIpc) is 3.61. The standard InChI is InChI=1S/C47H55NS/c1-10-30(11-2)33-21-34(31(12-3)13-4)26-47(25-33)42-19-18-32(41-28-49-44-23-35(20-29(5)6)48-27-40(41)44)22-38(42)39-24-43(46(7,8)9)36-16-14-15-17-37(36)45(39)47/h14-19,21-25,27-31H,10-13,20,26H2,1-9H3. The van der Waals surface area contributed by atoms with Gasteiger partial charge in [0.15, 0.2) is 0 Å². The molecule has 0 N–H and O–H groups in total. The van der Waals surface area contributed by atoms with E-state index in [0.29, 0.717) is 17.8 Å². The molecule has 1 nitrogen and oxygen atoms in total. The lowest BCUT2D eigenvalue weighted by molar-refractivity contribution is 0.491. The van der Waals surface area contributed by atoms with Crippen LogP contribution in [0.25, 0.3) is 43.1 Å². The summed E-state index contributed by atoms with van der Waals surface area (Å²) in [6.45, 7) is 21.2. The molecule has 0 aliphatic heterocycles. The molecule has 0 amide bonds. The molecule has 2 aromatic heterocycles. The van der Waals surface area contributed by atoms with Gasteiger partial charge in [0.25, 0.3) is 0 Å². The molecule has 0 saturated heterocycles. The molecule has 0 radical (unpaired) electrons. The van der Waals surface area contributed by atoms with Gasteiger partial charge < -0.3 is 0 Å². The van der Waals surface area contributed by atoms with Crippen molar-refractivity contribution < 1.29 is 0 Å². The quantitative estimate of drug-likeness (QED) is 0.153. The molecule has 1 atom stereocenters. The molecule has 254 valence electrons. The van der Waals surface area contributed by atoms with Crippen LogP contribution in [-0.4, -0.2) is 4.98 Å². The summed E-state index contributed by atoms with van der Waals surface area (Å²) in [4.78, 5) is 4.93. The van der Waals surface area contributed by atoms with Crippen LogP contribution in [0.15, 0.2) is 89.5 Å². The maximum absolute atomic E-state index is 4.93. The molecule has 2 aliphatic rings. The minimum Gasteiger partial charge on any atom is -0.261 e. The van der Waals surface area contributed by atoms with E-state index in [9.17, 15) is 0 Å². The molecule has 49 heavy (non-hydrogen) atoms. The smallest absolute Gasteiger partial charge is 0.0443 e. The lowest BCUT2D eigenvalue weighted by Crippen LogP contribution is -2.29. The van der Waals surface area contributed by atoms with E-state index >= 15 is 0 Å². The molecular weight excluding hydrogens is 611 g/mol. The van der Waals surface area contributed by atoms with Crippen LogP contribution < -0.4 is 0 Å². The summed E-state index contributed by atoms with van der Waals surface area (Å²) in [5, 5.41) is 6.46. The molecule has 1 spiro atoms. The molecule has 1 unspecified atom stereocenters. The Labute approximate surface area is 299 Å². The van der Waals surface area contributed by atoms with Gasteiger partial charge in [-0.2, -0.15) is 0 Å². The fourth-order valence-corrected chi connectivity index (χ4v) is 10.2. The van der Waals surface area contributed by atoms with Gasteiger partial charge in [-0.15, -0.1) is 11.3 Å². The zero-order chi connectivity index (χ0) is 34.7. The Morgan fingerprint density at radius 3 is 2.18 bits per heavy atom. The maximum atomic E-state index is 4.93. The van der Waals surface area contributed by atoms with Crippen LogP contribution in [0.1, 0.15) is 117 Å². The van der Waals surface area contributed by atoms with E-state index in [1.54, 1.807) is 11.1 Å². The lowest BCUT2D eigenvalue weighted by atomic mass is 9.64. The number of fused-ring (bicyclic) bond motifs is 8. The van der Waals surface area contributed by atoms with Crippen molar-refractivity contribution in [2.45, 2.75) is 112 Å². The van der Waals surface area contributed by atoms with E-state index in [0.717, 1.165) is 12.8 Å². The molecule has 0 saturated carbocycles. The van der Waals surface area contributed by atoms with Crippen LogP contribution in [0.3, 0.4) is 0 Å². The largest absolute Gasteiger partial charge is 0.261 e. The zero-order valence-electron chi connectivity index (χ0n) is 31.3. The van der Waals surface area contributed by atoms with Crippen molar-refractivity contribution in [1.29, 1.82) is 0 Å². The van der Waals surface area contributed by atoms with Gasteiger partial charge in [-0.25, -0.2) is 0 Å². The Kier molecular flexibility index (Phi) is 9.02. The first-order valence-electron chi connectivity index (χ1n) is 19.0. The number of thiophene rings is 1. The average molecular weight is 666 g/mol. The summed E-state index contributed by atoms with van der Waals surface area (Å²) in [5.41, 5.74) is 14.1. The monoisotopic (exact) mass is 665 g/mol. The third kappa shape index (κ3) is 5.73. The number of hydrogen-bond acceptors (Lipinski definition) is 2. The van der Waals surface area contributed by atoms with Gasteiger partial charge in [-0.3, -0.25) is 4.98 Å². The van der Waals surface area contributed by atoms with Gasteiger partial charge in [0.1, 0.15) is 0 Å². The van der Waals surface area contributed by atoms with Crippen molar-refractivity contribution in [1.82, 2.24) is 4.98 Å². The molecule has 0 fully saturated rings. The van der Waals surface area contributed by atoms with Crippen LogP contribution in [-0.2, 0) is 17.3 Å². The number of hydrogen-bond donors (Lipinski definition) is 0. The minimum absolute atomic E-state index is 0.0226. The highest BCUT2D eigenvalue weighted by Gasteiger charge is 2.46. The van der Waals surface area contributed by atoms with Crippen LogP contribution >= 0.6 is 11.3 Å². The van der Waals surface area contributed by atoms with E-state index in [2.05, 4.69) is 141 Å². The Balaban J connectivity index is 1.52. The SMILES string of the molecule is CCC(CC)C1=CC2(CC(C(CC)CC)=C1)c1ccc(-c3csc4cc(CC(C)C)ncc34)cc1-c1cc(C(C)(C)C)c3ccccc3c12. The number of allylic oxidation sites excluding steroid dienone is 4. The highest BCUT2D eigenvalue weighted by Crippen LogP contribution is 2.60. The van der Waals surface area contributed by atoms with Gasteiger partial charge in [0, 0.05) is 33.0 Å². The van der Waals surface area contributed by atoms with Crippen molar-refractivity contribution in [3.63, 3.8) is 0 Å². The molecule has 5 aromatic rings. The fraction of sp³-hybridized carbons (Fsp3) is 0.426. The summed E-state index contributed by atoms with van der Waals surface area (Å²) in [5.74, 6) is 1.77. The summed E-state index contributed by atoms with van der Waals surface area (Å²) < 4.78 is 1.34. The second kappa shape index (κ2) is 13.0. The third-order valence-electron chi connectivity index (χ3n) is 11.7. The van der Waals surface area contributed by atoms with E-state index in [1.807, 2.05) is 11.3 Å². The zero-order valence-corrected chi connectivity index (χ0v) is 32.2. The molecule has 2 heterocycles. The predicted octanol–water partition coefficient (Wildman–Crippen LogP) is 14.0. The normalized spacial score (nSPS) is 17.5. The van der Waals surface area contributed by atoms with Crippen molar-refractivity contribution >= 4 is 32.2 Å². The Hall–Kier alpha value is -3.49. The molecule has 2 aliphatic carbocycles. The first-order chi connectivity index (χ1) is 23.5. The summed E-state index contributed by atoms with van der Waals surface area (Å²) in [6.07, 6.45) is 14.3. The van der Waals surface area contributed by atoms with Crippen LogP contribution in [0, 0.1) is 17.8 Å². The fourth-order valence-electron chi connectivity index (χ4n) is 9.23. The predicted molar refractivity (Wildman–Crippen MR) is 215 cm³/mol. The van der Waals surface area contributed by atoms with Crippen LogP contribution in [0.5, 0.6) is 0 Å². The number of nitrogens with zero attached hydrogens (tertiary/aromatic N) is 1.